The van der Waals surface area contributed by atoms with Crippen LogP contribution in [0, 0.1) is 5.92 Å². The van der Waals surface area contributed by atoms with Crippen molar-refractivity contribution in [2.45, 2.75) is 31.0 Å². The van der Waals surface area contributed by atoms with Crippen molar-refractivity contribution in [3.8, 4) is 5.75 Å². The molecule has 3 nitrogen and oxygen atoms in total. The Morgan fingerprint density at radius 1 is 0.765 bits per heavy atom. The van der Waals surface area contributed by atoms with Crippen molar-refractivity contribution in [3.63, 3.8) is 0 Å². The van der Waals surface area contributed by atoms with Crippen molar-refractivity contribution in [1.29, 1.82) is 0 Å². The number of aliphatic hydroxyl groups is 1. The first-order valence-electron chi connectivity index (χ1n) is 11.7. The van der Waals surface area contributed by atoms with Crippen LogP contribution in [-0.4, -0.2) is 36.2 Å². The van der Waals surface area contributed by atoms with E-state index >= 15 is 0 Å². The van der Waals surface area contributed by atoms with E-state index < -0.39 is 17.3 Å². The Kier molecular flexibility index (Phi) is 7.59. The first kappa shape index (κ1) is 24.3. The van der Waals surface area contributed by atoms with Crippen LogP contribution in [0.15, 0.2) is 84.9 Å². The summed E-state index contributed by atoms with van der Waals surface area (Å²) in [6.07, 6.45) is -1.80. The van der Waals surface area contributed by atoms with Crippen LogP contribution < -0.4 is 4.74 Å². The van der Waals surface area contributed by atoms with Crippen molar-refractivity contribution in [2.24, 2.45) is 5.92 Å². The Hall–Kier alpha value is -2.83. The second-order valence-electron chi connectivity index (χ2n) is 8.84. The molecule has 34 heavy (non-hydrogen) atoms. The van der Waals surface area contributed by atoms with Gasteiger partial charge < -0.3 is 14.7 Å². The summed E-state index contributed by atoms with van der Waals surface area (Å²) >= 11 is 0. The van der Waals surface area contributed by atoms with E-state index in [2.05, 4.69) is 4.90 Å². The lowest BCUT2D eigenvalue weighted by Gasteiger charge is -2.42. The van der Waals surface area contributed by atoms with Gasteiger partial charge in [0.15, 0.2) is 0 Å². The fourth-order valence-electron chi connectivity index (χ4n) is 4.82. The smallest absolute Gasteiger partial charge is 0.416 e. The van der Waals surface area contributed by atoms with Gasteiger partial charge in [0, 0.05) is 6.54 Å². The predicted octanol–water partition coefficient (Wildman–Crippen LogP) is 6.12. The van der Waals surface area contributed by atoms with Gasteiger partial charge in [0.1, 0.15) is 11.4 Å². The molecule has 0 saturated carbocycles. The summed E-state index contributed by atoms with van der Waals surface area (Å²) in [6.45, 7) is 3.06. The molecule has 1 N–H and O–H groups in total. The summed E-state index contributed by atoms with van der Waals surface area (Å²) in [5.41, 5.74) is 0.142. The van der Waals surface area contributed by atoms with Crippen molar-refractivity contribution in [2.75, 3.05) is 26.2 Å². The number of halogens is 3. The zero-order valence-electron chi connectivity index (χ0n) is 19.0. The third-order valence-corrected chi connectivity index (χ3v) is 6.68. The molecule has 1 saturated heterocycles. The van der Waals surface area contributed by atoms with E-state index in [4.69, 9.17) is 4.74 Å². The second-order valence-corrected chi connectivity index (χ2v) is 8.84. The molecule has 0 spiro atoms. The van der Waals surface area contributed by atoms with E-state index in [1.54, 1.807) is 0 Å². The highest BCUT2D eigenvalue weighted by Crippen LogP contribution is 2.41. The van der Waals surface area contributed by atoms with Gasteiger partial charge in [-0.05, 0) is 73.7 Å². The average molecular weight is 470 g/mol. The van der Waals surface area contributed by atoms with Crippen molar-refractivity contribution < 1.29 is 23.0 Å². The minimum absolute atomic E-state index is 0.108. The van der Waals surface area contributed by atoms with Crippen molar-refractivity contribution in [3.05, 3.63) is 102 Å². The van der Waals surface area contributed by atoms with Crippen molar-refractivity contribution in [1.82, 2.24) is 4.90 Å². The molecule has 0 radical (unpaired) electrons. The van der Waals surface area contributed by atoms with Gasteiger partial charge in [0.2, 0.25) is 0 Å². The van der Waals surface area contributed by atoms with E-state index in [-0.39, 0.29) is 5.92 Å². The summed E-state index contributed by atoms with van der Waals surface area (Å²) in [4.78, 5) is 2.36. The van der Waals surface area contributed by atoms with E-state index in [0.717, 1.165) is 62.2 Å². The van der Waals surface area contributed by atoms with Gasteiger partial charge in [0.05, 0.1) is 12.2 Å². The molecule has 180 valence electrons. The molecular formula is C28H30F3NO2. The summed E-state index contributed by atoms with van der Waals surface area (Å²) in [5, 5.41) is 12.0. The zero-order valence-corrected chi connectivity index (χ0v) is 19.0. The fraction of sp³-hybridized carbons (Fsp3) is 0.357. The predicted molar refractivity (Wildman–Crippen MR) is 127 cm³/mol. The molecule has 6 heteroatoms. The molecule has 1 fully saturated rings. The van der Waals surface area contributed by atoms with Gasteiger partial charge in [-0.1, -0.05) is 60.7 Å². The lowest BCUT2D eigenvalue weighted by atomic mass is 9.72. The number of nitrogens with zero attached hydrogens (tertiary/aromatic N) is 1. The van der Waals surface area contributed by atoms with Crippen LogP contribution in [0.5, 0.6) is 5.75 Å². The average Bonchev–Trinajstić information content (AvgIpc) is 2.87. The molecule has 1 aliphatic heterocycles. The SMILES string of the molecule is OC(c1ccccc1)(c1ccccc1)C1CCN(CCCOc2ccc(C(F)(F)F)cc2)CC1. The van der Waals surface area contributed by atoms with Gasteiger partial charge in [-0.25, -0.2) is 0 Å². The highest BCUT2D eigenvalue weighted by Gasteiger charge is 2.41. The number of benzene rings is 3. The lowest BCUT2D eigenvalue weighted by molar-refractivity contribution is -0.137. The molecule has 0 aromatic heterocycles. The number of ether oxygens (including phenoxy) is 1. The highest BCUT2D eigenvalue weighted by molar-refractivity contribution is 5.37. The molecule has 0 aliphatic carbocycles. The molecule has 0 atom stereocenters. The third kappa shape index (κ3) is 5.62. The Bertz CT molecular complexity index is 976. The van der Waals surface area contributed by atoms with Crippen LogP contribution in [0.4, 0.5) is 13.2 Å². The van der Waals surface area contributed by atoms with Crippen LogP contribution in [0.3, 0.4) is 0 Å². The molecule has 1 aliphatic rings. The van der Waals surface area contributed by atoms with Gasteiger partial charge in [-0.3, -0.25) is 0 Å². The van der Waals surface area contributed by atoms with E-state index in [1.807, 2.05) is 60.7 Å². The number of piperidine rings is 1. The van der Waals surface area contributed by atoms with Gasteiger partial charge in [-0.15, -0.1) is 0 Å². The quantitative estimate of drug-likeness (QED) is 0.403. The summed E-state index contributed by atoms with van der Waals surface area (Å²) in [6, 6.07) is 24.6. The van der Waals surface area contributed by atoms with Crippen LogP contribution in [-0.2, 0) is 11.8 Å². The normalized spacial score (nSPS) is 15.9. The standard InChI is InChI=1S/C28H30F3NO2/c29-28(30,31)25-12-14-26(15-13-25)34-21-7-18-32-19-16-24(17-20-32)27(33,22-8-3-1-4-9-22)23-10-5-2-6-11-23/h1-6,8-15,24,33H,7,16-21H2. The van der Waals surface area contributed by atoms with Crippen LogP contribution >= 0.6 is 0 Å². The molecule has 0 amide bonds. The summed E-state index contributed by atoms with van der Waals surface area (Å²) < 4.78 is 43.6. The molecule has 0 bridgehead atoms. The van der Waals surface area contributed by atoms with Crippen LogP contribution in [0.2, 0.25) is 0 Å². The van der Waals surface area contributed by atoms with Gasteiger partial charge >= 0.3 is 6.18 Å². The number of hydrogen-bond acceptors (Lipinski definition) is 3. The second kappa shape index (κ2) is 10.6. The molecule has 3 aromatic rings. The minimum Gasteiger partial charge on any atom is -0.494 e. The van der Waals surface area contributed by atoms with Crippen LogP contribution in [0.1, 0.15) is 36.0 Å². The summed E-state index contributed by atoms with van der Waals surface area (Å²) in [5.74, 6) is 0.555. The zero-order chi connectivity index (χ0) is 24.0. The number of alkyl halides is 3. The monoisotopic (exact) mass is 469 g/mol. The Labute approximate surface area is 198 Å². The van der Waals surface area contributed by atoms with E-state index in [1.165, 1.54) is 12.1 Å². The Balaban J connectivity index is 1.29. The van der Waals surface area contributed by atoms with Gasteiger partial charge in [-0.2, -0.15) is 13.2 Å². The molecule has 1 heterocycles. The van der Waals surface area contributed by atoms with E-state index in [9.17, 15) is 18.3 Å². The third-order valence-electron chi connectivity index (χ3n) is 6.68. The lowest BCUT2D eigenvalue weighted by Crippen LogP contribution is -2.44. The molecule has 4 rings (SSSR count). The number of likely N-dealkylation sites (tertiary alicyclic amines) is 1. The minimum atomic E-state index is -4.34. The molecule has 3 aromatic carbocycles. The maximum absolute atomic E-state index is 12.7. The molecule has 0 unspecified atom stereocenters. The van der Waals surface area contributed by atoms with Crippen LogP contribution in [0.25, 0.3) is 0 Å². The Morgan fingerprint density at radius 3 is 1.79 bits per heavy atom. The first-order valence-corrected chi connectivity index (χ1v) is 11.7. The maximum Gasteiger partial charge on any atom is 0.416 e. The number of hydrogen-bond donors (Lipinski definition) is 1. The molecular weight excluding hydrogens is 439 g/mol. The fourth-order valence-corrected chi connectivity index (χ4v) is 4.82. The maximum atomic E-state index is 12.7. The summed E-state index contributed by atoms with van der Waals surface area (Å²) in [7, 11) is 0. The Morgan fingerprint density at radius 2 is 1.29 bits per heavy atom. The van der Waals surface area contributed by atoms with Gasteiger partial charge in [0.25, 0.3) is 0 Å². The topological polar surface area (TPSA) is 32.7 Å². The largest absolute Gasteiger partial charge is 0.494 e. The van der Waals surface area contributed by atoms with E-state index in [0.29, 0.717) is 12.4 Å². The van der Waals surface area contributed by atoms with Crippen molar-refractivity contribution >= 4 is 0 Å². The number of rotatable bonds is 8. The highest BCUT2D eigenvalue weighted by atomic mass is 19.4. The first-order chi connectivity index (χ1) is 16.4.